The first-order chi connectivity index (χ1) is 18.0. The molecule has 3 atom stereocenters. The van der Waals surface area contributed by atoms with E-state index in [-0.39, 0.29) is 24.0 Å². The highest BCUT2D eigenvalue weighted by atomic mass is 16.2. The summed E-state index contributed by atoms with van der Waals surface area (Å²) in [5, 5.41) is 0. The van der Waals surface area contributed by atoms with Crippen molar-refractivity contribution in [2.75, 3.05) is 0 Å². The number of carbonyl (C=O) groups is 1. The van der Waals surface area contributed by atoms with Crippen LogP contribution in [0.25, 0.3) is 0 Å². The van der Waals surface area contributed by atoms with Crippen molar-refractivity contribution in [2.45, 2.75) is 58.4 Å². The fraction of sp³-hybridized carbons (Fsp3) is 0.265. The highest BCUT2D eigenvalue weighted by Gasteiger charge is 2.28. The molecular weight excluding hydrogens is 452 g/mol. The second-order valence-corrected chi connectivity index (χ2v) is 9.89. The first-order valence-corrected chi connectivity index (χ1v) is 13.3. The fourth-order valence-corrected chi connectivity index (χ4v) is 5.01. The molecule has 0 aliphatic carbocycles. The summed E-state index contributed by atoms with van der Waals surface area (Å²) in [5.41, 5.74) is 4.81. The molecule has 1 amide bonds. The maximum absolute atomic E-state index is 14.0. The third kappa shape index (κ3) is 7.18. The summed E-state index contributed by atoms with van der Waals surface area (Å²) >= 11 is 0. The van der Waals surface area contributed by atoms with Crippen LogP contribution in [0.2, 0.25) is 0 Å². The quantitative estimate of drug-likeness (QED) is 0.214. The third-order valence-corrected chi connectivity index (χ3v) is 7.29. The number of nitrogens with zero attached hydrogens (tertiary/aromatic N) is 2. The summed E-state index contributed by atoms with van der Waals surface area (Å²) in [6, 6.07) is 42.0. The largest absolute Gasteiger partial charge is 0.332 e. The van der Waals surface area contributed by atoms with Gasteiger partial charge in [0.15, 0.2) is 0 Å². The molecule has 4 rings (SSSR count). The van der Waals surface area contributed by atoms with Gasteiger partial charge in [0.05, 0.1) is 6.04 Å². The Hall–Kier alpha value is -3.69. The van der Waals surface area contributed by atoms with Gasteiger partial charge in [0.25, 0.3) is 0 Å². The smallest absolute Gasteiger partial charge is 0.224 e. The van der Waals surface area contributed by atoms with Gasteiger partial charge in [-0.3, -0.25) is 9.69 Å². The van der Waals surface area contributed by atoms with Crippen LogP contribution in [-0.2, 0) is 17.9 Å². The predicted molar refractivity (Wildman–Crippen MR) is 153 cm³/mol. The first-order valence-electron chi connectivity index (χ1n) is 13.3. The molecule has 190 valence electrons. The molecule has 4 aromatic rings. The van der Waals surface area contributed by atoms with Crippen LogP contribution in [-0.4, -0.2) is 21.7 Å². The number of hydrogen-bond acceptors (Lipinski definition) is 2. The van der Waals surface area contributed by atoms with Crippen molar-refractivity contribution in [3.63, 3.8) is 0 Å². The van der Waals surface area contributed by atoms with E-state index in [2.05, 4.69) is 105 Å². The fourth-order valence-electron chi connectivity index (χ4n) is 5.01. The molecule has 0 spiro atoms. The van der Waals surface area contributed by atoms with Gasteiger partial charge in [-0.15, -0.1) is 0 Å². The molecule has 4 aromatic carbocycles. The van der Waals surface area contributed by atoms with E-state index >= 15 is 0 Å². The lowest BCUT2D eigenvalue weighted by Gasteiger charge is -2.37. The minimum atomic E-state index is -0.0183. The molecule has 0 bridgehead atoms. The van der Waals surface area contributed by atoms with Crippen LogP contribution in [0.4, 0.5) is 0 Å². The summed E-state index contributed by atoms with van der Waals surface area (Å²) in [4.78, 5) is 18.5. The molecule has 1 unspecified atom stereocenters. The van der Waals surface area contributed by atoms with Gasteiger partial charge in [0, 0.05) is 31.6 Å². The molecule has 37 heavy (non-hydrogen) atoms. The van der Waals surface area contributed by atoms with E-state index in [0.717, 1.165) is 17.7 Å². The van der Waals surface area contributed by atoms with Crippen molar-refractivity contribution < 1.29 is 4.79 Å². The monoisotopic (exact) mass is 490 g/mol. The summed E-state index contributed by atoms with van der Waals surface area (Å²) in [5.74, 6) is 0.172. The van der Waals surface area contributed by atoms with Gasteiger partial charge < -0.3 is 4.90 Å². The van der Waals surface area contributed by atoms with Crippen molar-refractivity contribution in [3.8, 4) is 0 Å². The maximum Gasteiger partial charge on any atom is 0.224 e. The van der Waals surface area contributed by atoms with Gasteiger partial charge in [-0.05, 0) is 43.0 Å². The minimum Gasteiger partial charge on any atom is -0.332 e. The van der Waals surface area contributed by atoms with Gasteiger partial charge in [-0.25, -0.2) is 0 Å². The van der Waals surface area contributed by atoms with Crippen LogP contribution < -0.4 is 0 Å². The van der Waals surface area contributed by atoms with Crippen LogP contribution in [0.1, 0.15) is 61.5 Å². The summed E-state index contributed by atoms with van der Waals surface area (Å²) in [6.07, 6.45) is 0.452. The van der Waals surface area contributed by atoms with Gasteiger partial charge in [0.2, 0.25) is 5.91 Å². The number of rotatable bonds is 11. The number of hydrogen-bond donors (Lipinski definition) is 0. The van der Waals surface area contributed by atoms with Crippen molar-refractivity contribution in [3.05, 3.63) is 144 Å². The lowest BCUT2D eigenvalue weighted by Crippen LogP contribution is -2.41. The summed E-state index contributed by atoms with van der Waals surface area (Å²) in [7, 11) is 0. The Morgan fingerprint density at radius 1 is 0.568 bits per heavy atom. The molecule has 0 heterocycles. The van der Waals surface area contributed by atoms with E-state index in [0.29, 0.717) is 13.0 Å². The molecule has 0 aliphatic rings. The Morgan fingerprint density at radius 3 is 1.46 bits per heavy atom. The SMILES string of the molecule is CC(CC(=O)N(Cc1ccccc1)[C@@H](C)c1ccccc1)N(Cc1ccccc1)[C@@H](C)c1ccccc1. The van der Waals surface area contributed by atoms with Crippen LogP contribution in [0.5, 0.6) is 0 Å². The molecule has 0 radical (unpaired) electrons. The van der Waals surface area contributed by atoms with Crippen molar-refractivity contribution in [2.24, 2.45) is 0 Å². The second kappa shape index (κ2) is 13.0. The van der Waals surface area contributed by atoms with Gasteiger partial charge in [-0.1, -0.05) is 121 Å². The zero-order chi connectivity index (χ0) is 26.0. The molecule has 0 saturated heterocycles. The average molecular weight is 491 g/mol. The minimum absolute atomic E-state index is 0.0183. The van der Waals surface area contributed by atoms with E-state index < -0.39 is 0 Å². The Balaban J connectivity index is 1.58. The third-order valence-electron chi connectivity index (χ3n) is 7.29. The molecule has 0 aromatic heterocycles. The van der Waals surface area contributed by atoms with E-state index in [1.165, 1.54) is 11.1 Å². The van der Waals surface area contributed by atoms with Crippen LogP contribution in [0.15, 0.2) is 121 Å². The van der Waals surface area contributed by atoms with Crippen LogP contribution in [0.3, 0.4) is 0 Å². The molecule has 3 nitrogen and oxygen atoms in total. The summed E-state index contributed by atoms with van der Waals surface area (Å²) < 4.78 is 0. The van der Waals surface area contributed by atoms with E-state index in [1.807, 2.05) is 47.4 Å². The molecule has 0 aliphatic heterocycles. The van der Waals surface area contributed by atoms with E-state index in [9.17, 15) is 4.79 Å². The highest BCUT2D eigenvalue weighted by molar-refractivity contribution is 5.77. The van der Waals surface area contributed by atoms with E-state index in [4.69, 9.17) is 0 Å². The lowest BCUT2D eigenvalue weighted by molar-refractivity contribution is -0.135. The normalized spacial score (nSPS) is 13.6. The number of benzene rings is 4. The highest BCUT2D eigenvalue weighted by Crippen LogP contribution is 2.28. The Morgan fingerprint density at radius 2 is 0.973 bits per heavy atom. The van der Waals surface area contributed by atoms with E-state index in [1.54, 1.807) is 0 Å². The van der Waals surface area contributed by atoms with Crippen molar-refractivity contribution in [1.29, 1.82) is 0 Å². The Kier molecular flexibility index (Phi) is 9.29. The van der Waals surface area contributed by atoms with Gasteiger partial charge >= 0.3 is 0 Å². The summed E-state index contributed by atoms with van der Waals surface area (Å²) in [6.45, 7) is 7.95. The first kappa shape index (κ1) is 26.4. The molecule has 0 N–H and O–H groups in total. The maximum atomic E-state index is 14.0. The second-order valence-electron chi connectivity index (χ2n) is 9.89. The van der Waals surface area contributed by atoms with Gasteiger partial charge in [-0.2, -0.15) is 0 Å². The standard InChI is InChI=1S/C34H38N2O/c1-27(35(25-30-16-8-4-9-17-30)28(2)32-20-12-6-13-21-32)24-34(37)36(26-31-18-10-5-11-19-31)29(3)33-22-14-7-15-23-33/h4-23,27-29H,24-26H2,1-3H3/t27?,28-,29-/m0/s1. The van der Waals surface area contributed by atoms with Crippen molar-refractivity contribution in [1.82, 2.24) is 9.80 Å². The lowest BCUT2D eigenvalue weighted by atomic mass is 10.0. The Labute approximate surface area is 222 Å². The van der Waals surface area contributed by atoms with Crippen LogP contribution >= 0.6 is 0 Å². The zero-order valence-electron chi connectivity index (χ0n) is 22.2. The molecule has 3 heteroatoms. The molecular formula is C34H38N2O. The zero-order valence-corrected chi connectivity index (χ0v) is 22.2. The van der Waals surface area contributed by atoms with Crippen molar-refractivity contribution >= 4 is 5.91 Å². The Bertz CT molecular complexity index is 1210. The van der Waals surface area contributed by atoms with Crippen LogP contribution in [0, 0.1) is 0 Å². The molecule has 0 saturated carbocycles. The number of carbonyl (C=O) groups excluding carboxylic acids is 1. The van der Waals surface area contributed by atoms with Gasteiger partial charge in [0.1, 0.15) is 0 Å². The number of amides is 1. The topological polar surface area (TPSA) is 23.6 Å². The predicted octanol–water partition coefficient (Wildman–Crippen LogP) is 7.82. The molecule has 0 fully saturated rings. The average Bonchev–Trinajstić information content (AvgIpc) is 2.96.